The van der Waals surface area contributed by atoms with E-state index in [1.807, 2.05) is 23.1 Å². The lowest BCUT2D eigenvalue weighted by atomic mass is 9.89. The summed E-state index contributed by atoms with van der Waals surface area (Å²) in [5, 5.41) is 6.63. The summed E-state index contributed by atoms with van der Waals surface area (Å²) in [5.41, 5.74) is 2.51. The molecule has 2 N–H and O–H groups in total. The third-order valence-electron chi connectivity index (χ3n) is 6.26. The van der Waals surface area contributed by atoms with Crippen molar-refractivity contribution in [2.24, 2.45) is 0 Å². The molecule has 1 aliphatic rings. The van der Waals surface area contributed by atoms with Gasteiger partial charge in [-0.15, -0.1) is 0 Å². The van der Waals surface area contributed by atoms with Gasteiger partial charge in [0, 0.05) is 41.8 Å². The topological polar surface area (TPSA) is 64.7 Å². The normalized spacial score (nSPS) is 16.0. The molecule has 33 heavy (non-hydrogen) atoms. The van der Waals surface area contributed by atoms with Gasteiger partial charge in [0.25, 0.3) is 5.91 Å². The van der Waals surface area contributed by atoms with Crippen molar-refractivity contribution in [1.82, 2.24) is 15.1 Å². The molecule has 3 amide bonds. The fraction of sp³-hybridized carbons (Fsp3) is 0.462. The maximum absolute atomic E-state index is 12.8. The summed E-state index contributed by atoms with van der Waals surface area (Å²) < 4.78 is 0. The lowest BCUT2D eigenvalue weighted by Crippen LogP contribution is -2.41. The summed E-state index contributed by atoms with van der Waals surface area (Å²) in [4.78, 5) is 29.6. The predicted octanol–water partition coefficient (Wildman–Crippen LogP) is 5.21. The van der Waals surface area contributed by atoms with E-state index in [2.05, 4.69) is 35.4 Å². The van der Waals surface area contributed by atoms with E-state index < -0.39 is 0 Å². The van der Waals surface area contributed by atoms with Crippen LogP contribution in [0.2, 0.25) is 5.02 Å². The summed E-state index contributed by atoms with van der Waals surface area (Å²) in [7, 11) is 0. The molecule has 1 saturated heterocycles. The second-order valence-corrected chi connectivity index (χ2v) is 8.92. The molecule has 0 aliphatic carbocycles. The molecule has 2 aromatic carbocycles. The first-order chi connectivity index (χ1) is 16.0. The molecule has 3 rings (SSSR count). The van der Waals surface area contributed by atoms with Gasteiger partial charge < -0.3 is 20.4 Å². The Bertz CT molecular complexity index is 915. The number of piperidine rings is 1. The van der Waals surface area contributed by atoms with Crippen LogP contribution in [0.4, 0.5) is 10.5 Å². The lowest BCUT2D eigenvalue weighted by Gasteiger charge is -2.33. The SMILES string of the molecule is CCN(CC)CCCNC(=O)c1cccc(C2CCCN(C(=O)Nc3ccc(Cl)cc3)C2)c1. The summed E-state index contributed by atoms with van der Waals surface area (Å²) in [6, 6.07) is 14.8. The number of carbonyl (C=O) groups is 2. The van der Waals surface area contributed by atoms with E-state index in [0.29, 0.717) is 23.7 Å². The standard InChI is InChI=1S/C26H35ClN4O2/c1-3-30(4-2)16-7-15-28-25(32)21-9-5-8-20(18-21)22-10-6-17-31(19-22)26(33)29-24-13-11-23(27)12-14-24/h5,8-9,11-14,18,22H,3-4,6-7,10,15-17,19H2,1-2H3,(H,28,32)(H,29,33). The second kappa shape index (κ2) is 12.6. The molecule has 1 heterocycles. The molecule has 1 fully saturated rings. The maximum atomic E-state index is 12.8. The third-order valence-corrected chi connectivity index (χ3v) is 6.51. The van der Waals surface area contributed by atoms with Crippen molar-refractivity contribution in [3.05, 3.63) is 64.7 Å². The molecule has 1 atom stereocenters. The first kappa shape index (κ1) is 25.1. The summed E-state index contributed by atoms with van der Waals surface area (Å²) in [6.07, 6.45) is 2.87. The van der Waals surface area contributed by atoms with E-state index in [4.69, 9.17) is 11.6 Å². The number of hydrogen-bond acceptors (Lipinski definition) is 3. The summed E-state index contributed by atoms with van der Waals surface area (Å²) in [5.74, 6) is 0.176. The van der Waals surface area contributed by atoms with Gasteiger partial charge >= 0.3 is 6.03 Å². The minimum absolute atomic E-state index is 0.0375. The number of carbonyl (C=O) groups excluding carboxylic acids is 2. The number of likely N-dealkylation sites (tertiary alicyclic amines) is 1. The van der Waals surface area contributed by atoms with Crippen molar-refractivity contribution in [2.45, 2.75) is 39.0 Å². The van der Waals surface area contributed by atoms with E-state index in [1.165, 1.54) is 0 Å². The highest BCUT2D eigenvalue weighted by molar-refractivity contribution is 6.30. The molecular weight excluding hydrogens is 436 g/mol. The maximum Gasteiger partial charge on any atom is 0.321 e. The van der Waals surface area contributed by atoms with E-state index in [9.17, 15) is 9.59 Å². The average molecular weight is 471 g/mol. The fourth-order valence-corrected chi connectivity index (χ4v) is 4.38. The van der Waals surface area contributed by atoms with Crippen LogP contribution in [-0.2, 0) is 0 Å². The molecular formula is C26H35ClN4O2. The number of amides is 3. The van der Waals surface area contributed by atoms with Crippen LogP contribution >= 0.6 is 11.6 Å². The molecule has 7 heteroatoms. The highest BCUT2D eigenvalue weighted by Gasteiger charge is 2.25. The Hall–Kier alpha value is -2.57. The zero-order valence-electron chi connectivity index (χ0n) is 19.6. The van der Waals surface area contributed by atoms with Gasteiger partial charge in [-0.3, -0.25) is 4.79 Å². The van der Waals surface area contributed by atoms with Gasteiger partial charge in [0.2, 0.25) is 0 Å². The molecule has 0 spiro atoms. The highest BCUT2D eigenvalue weighted by atomic mass is 35.5. The van der Waals surface area contributed by atoms with Crippen LogP contribution in [0.1, 0.15) is 54.9 Å². The van der Waals surface area contributed by atoms with Crippen LogP contribution in [0.25, 0.3) is 0 Å². The lowest BCUT2D eigenvalue weighted by molar-refractivity contribution is 0.0951. The number of nitrogens with one attached hydrogen (secondary N) is 2. The van der Waals surface area contributed by atoms with Crippen LogP contribution in [0.3, 0.4) is 0 Å². The van der Waals surface area contributed by atoms with Crippen molar-refractivity contribution < 1.29 is 9.59 Å². The molecule has 178 valence electrons. The molecule has 0 aromatic heterocycles. The van der Waals surface area contributed by atoms with Crippen LogP contribution < -0.4 is 10.6 Å². The smallest absolute Gasteiger partial charge is 0.321 e. The van der Waals surface area contributed by atoms with E-state index in [1.54, 1.807) is 24.3 Å². The largest absolute Gasteiger partial charge is 0.352 e. The molecule has 0 saturated carbocycles. The van der Waals surface area contributed by atoms with Crippen LogP contribution in [0, 0.1) is 0 Å². The van der Waals surface area contributed by atoms with E-state index in [-0.39, 0.29) is 17.9 Å². The van der Waals surface area contributed by atoms with Crippen molar-refractivity contribution in [2.75, 3.05) is 44.6 Å². The van der Waals surface area contributed by atoms with Gasteiger partial charge in [-0.1, -0.05) is 37.6 Å². The number of halogens is 1. The second-order valence-electron chi connectivity index (χ2n) is 8.48. The van der Waals surface area contributed by atoms with E-state index >= 15 is 0 Å². The number of hydrogen-bond donors (Lipinski definition) is 2. The van der Waals surface area contributed by atoms with Gasteiger partial charge in [-0.25, -0.2) is 4.79 Å². The Morgan fingerprint density at radius 3 is 2.61 bits per heavy atom. The van der Waals surface area contributed by atoms with Crippen molar-refractivity contribution in [3.8, 4) is 0 Å². The van der Waals surface area contributed by atoms with E-state index in [0.717, 1.165) is 56.7 Å². The van der Waals surface area contributed by atoms with Crippen molar-refractivity contribution in [1.29, 1.82) is 0 Å². The van der Waals surface area contributed by atoms with Gasteiger partial charge in [-0.05, 0) is 80.9 Å². The molecule has 0 radical (unpaired) electrons. The average Bonchev–Trinajstić information content (AvgIpc) is 2.85. The Morgan fingerprint density at radius 2 is 1.88 bits per heavy atom. The third kappa shape index (κ3) is 7.47. The minimum atomic E-state index is -0.107. The van der Waals surface area contributed by atoms with Crippen LogP contribution in [-0.4, -0.2) is 61.0 Å². The number of anilines is 1. The molecule has 1 unspecified atom stereocenters. The summed E-state index contributed by atoms with van der Waals surface area (Å²) >= 11 is 5.93. The predicted molar refractivity (Wildman–Crippen MR) is 135 cm³/mol. The summed E-state index contributed by atoms with van der Waals surface area (Å²) in [6.45, 7) is 9.38. The van der Waals surface area contributed by atoms with Gasteiger partial charge in [0.1, 0.15) is 0 Å². The number of nitrogens with zero attached hydrogens (tertiary/aromatic N) is 2. The first-order valence-electron chi connectivity index (χ1n) is 11.9. The fourth-order valence-electron chi connectivity index (χ4n) is 4.25. The molecule has 6 nitrogen and oxygen atoms in total. The Labute approximate surface area is 202 Å². The molecule has 2 aromatic rings. The van der Waals surface area contributed by atoms with Crippen LogP contribution in [0.15, 0.2) is 48.5 Å². The van der Waals surface area contributed by atoms with Crippen molar-refractivity contribution in [3.63, 3.8) is 0 Å². The Kier molecular flexibility index (Phi) is 9.58. The quantitative estimate of drug-likeness (QED) is 0.494. The Morgan fingerprint density at radius 1 is 1.12 bits per heavy atom. The van der Waals surface area contributed by atoms with Crippen LogP contribution in [0.5, 0.6) is 0 Å². The minimum Gasteiger partial charge on any atom is -0.352 e. The number of urea groups is 1. The number of benzene rings is 2. The van der Waals surface area contributed by atoms with Gasteiger partial charge in [-0.2, -0.15) is 0 Å². The van der Waals surface area contributed by atoms with Gasteiger partial charge in [0.15, 0.2) is 0 Å². The van der Waals surface area contributed by atoms with Crippen molar-refractivity contribution >= 4 is 29.2 Å². The Balaban J connectivity index is 1.54. The monoisotopic (exact) mass is 470 g/mol. The first-order valence-corrected chi connectivity index (χ1v) is 12.3. The molecule has 1 aliphatic heterocycles. The molecule has 0 bridgehead atoms. The zero-order valence-corrected chi connectivity index (χ0v) is 20.4. The highest BCUT2D eigenvalue weighted by Crippen LogP contribution is 2.28. The zero-order chi connectivity index (χ0) is 23.6. The number of rotatable bonds is 9. The van der Waals surface area contributed by atoms with Gasteiger partial charge in [0.05, 0.1) is 0 Å².